The first-order valence-corrected chi connectivity index (χ1v) is 7.10. The van der Waals surface area contributed by atoms with Crippen LogP contribution in [-0.2, 0) is 9.53 Å². The smallest absolute Gasteiger partial charge is 0.323 e. The third-order valence-electron chi connectivity index (χ3n) is 5.19. The van der Waals surface area contributed by atoms with Crippen LogP contribution in [0.15, 0.2) is 0 Å². The fourth-order valence-electron chi connectivity index (χ4n) is 4.35. The molecule has 1 aliphatic heterocycles. The minimum absolute atomic E-state index is 0.0225. The molecule has 0 aromatic carbocycles. The Bertz CT molecular complexity index is 305. The average Bonchev–Trinajstić information content (AvgIpc) is 3.03. The molecule has 3 heteroatoms. The van der Waals surface area contributed by atoms with Crippen molar-refractivity contribution >= 4 is 5.97 Å². The maximum atomic E-state index is 11.7. The number of likely N-dealkylation sites (tertiary alicyclic amines) is 1. The van der Waals surface area contributed by atoms with Gasteiger partial charge in [0, 0.05) is 6.54 Å². The van der Waals surface area contributed by atoms with Crippen molar-refractivity contribution in [2.24, 2.45) is 17.8 Å². The molecule has 4 unspecified atom stereocenters. The van der Waals surface area contributed by atoms with Crippen LogP contribution >= 0.6 is 0 Å². The van der Waals surface area contributed by atoms with E-state index in [2.05, 4.69) is 4.90 Å². The van der Waals surface area contributed by atoms with Crippen molar-refractivity contribution in [3.8, 4) is 0 Å². The van der Waals surface area contributed by atoms with Crippen molar-refractivity contribution in [2.75, 3.05) is 20.2 Å². The van der Waals surface area contributed by atoms with Gasteiger partial charge in [0.15, 0.2) is 0 Å². The molecule has 3 nitrogen and oxygen atoms in total. The van der Waals surface area contributed by atoms with E-state index in [-0.39, 0.29) is 12.0 Å². The summed E-state index contributed by atoms with van der Waals surface area (Å²) in [6, 6.07) is 0.0547. The topological polar surface area (TPSA) is 29.5 Å². The number of methoxy groups -OCH3 is 1. The lowest BCUT2D eigenvalue weighted by atomic mass is 9.88. The maximum absolute atomic E-state index is 11.7. The molecule has 0 aromatic rings. The molecule has 96 valence electrons. The van der Waals surface area contributed by atoms with Gasteiger partial charge in [-0.05, 0) is 56.4 Å². The Morgan fingerprint density at radius 1 is 1.29 bits per heavy atom. The van der Waals surface area contributed by atoms with Gasteiger partial charge >= 0.3 is 5.97 Å². The van der Waals surface area contributed by atoms with Crippen LogP contribution in [0.4, 0.5) is 0 Å². The van der Waals surface area contributed by atoms with Gasteiger partial charge in [-0.15, -0.1) is 0 Å². The molecule has 2 bridgehead atoms. The third-order valence-corrected chi connectivity index (χ3v) is 5.19. The number of rotatable bonds is 3. The monoisotopic (exact) mass is 237 g/mol. The van der Waals surface area contributed by atoms with Crippen LogP contribution < -0.4 is 0 Å². The highest BCUT2D eigenvalue weighted by molar-refractivity contribution is 5.75. The van der Waals surface area contributed by atoms with Gasteiger partial charge in [-0.1, -0.05) is 6.42 Å². The van der Waals surface area contributed by atoms with Gasteiger partial charge in [0.25, 0.3) is 0 Å². The zero-order valence-electron chi connectivity index (χ0n) is 10.7. The van der Waals surface area contributed by atoms with E-state index in [1.165, 1.54) is 32.8 Å². The van der Waals surface area contributed by atoms with Gasteiger partial charge in [0.05, 0.1) is 7.11 Å². The van der Waals surface area contributed by atoms with Crippen molar-refractivity contribution in [2.45, 2.75) is 44.6 Å². The Hall–Kier alpha value is -0.570. The Morgan fingerprint density at radius 2 is 2.18 bits per heavy atom. The van der Waals surface area contributed by atoms with Crippen LogP contribution in [0.3, 0.4) is 0 Å². The van der Waals surface area contributed by atoms with E-state index in [0.29, 0.717) is 0 Å². The Kier molecular flexibility index (Phi) is 3.12. The highest BCUT2D eigenvalue weighted by Gasteiger charge is 2.42. The lowest BCUT2D eigenvalue weighted by Gasteiger charge is -2.29. The number of carbonyl (C=O) groups excluding carboxylic acids is 1. The number of carbonyl (C=O) groups is 1. The first kappa shape index (κ1) is 11.5. The van der Waals surface area contributed by atoms with Gasteiger partial charge < -0.3 is 4.74 Å². The summed E-state index contributed by atoms with van der Waals surface area (Å²) in [5.41, 5.74) is 0. The molecule has 2 aliphatic carbocycles. The van der Waals surface area contributed by atoms with E-state index in [9.17, 15) is 4.79 Å². The highest BCUT2D eigenvalue weighted by Crippen LogP contribution is 2.48. The molecule has 0 N–H and O–H groups in total. The Labute approximate surface area is 104 Å². The summed E-state index contributed by atoms with van der Waals surface area (Å²) in [5.74, 6) is 2.80. The lowest BCUT2D eigenvalue weighted by Crippen LogP contribution is -2.40. The summed E-state index contributed by atoms with van der Waals surface area (Å²) in [6.07, 6.45) is 7.91. The summed E-state index contributed by atoms with van der Waals surface area (Å²) in [5, 5.41) is 0. The Balaban J connectivity index is 1.59. The minimum Gasteiger partial charge on any atom is -0.468 e. The van der Waals surface area contributed by atoms with E-state index < -0.39 is 0 Å². The lowest BCUT2D eigenvalue weighted by molar-refractivity contribution is -0.146. The number of hydrogen-bond acceptors (Lipinski definition) is 3. The van der Waals surface area contributed by atoms with Gasteiger partial charge in [-0.2, -0.15) is 0 Å². The summed E-state index contributed by atoms with van der Waals surface area (Å²) in [4.78, 5) is 14.1. The fourth-order valence-corrected chi connectivity index (χ4v) is 4.35. The van der Waals surface area contributed by atoms with Crippen LogP contribution in [0.25, 0.3) is 0 Å². The number of ether oxygens (including phenoxy) is 1. The van der Waals surface area contributed by atoms with Crippen LogP contribution in [-0.4, -0.2) is 37.1 Å². The number of nitrogens with zero attached hydrogens (tertiary/aromatic N) is 1. The fraction of sp³-hybridized carbons (Fsp3) is 0.929. The van der Waals surface area contributed by atoms with Gasteiger partial charge in [0.1, 0.15) is 6.04 Å². The molecular weight excluding hydrogens is 214 g/mol. The molecule has 1 heterocycles. The zero-order valence-corrected chi connectivity index (χ0v) is 10.7. The Morgan fingerprint density at radius 3 is 2.82 bits per heavy atom. The maximum Gasteiger partial charge on any atom is 0.323 e. The molecule has 17 heavy (non-hydrogen) atoms. The first-order valence-electron chi connectivity index (χ1n) is 7.10. The SMILES string of the molecule is COC(=O)C1CCCN1CC1CC2CCC1C2. The van der Waals surface area contributed by atoms with E-state index in [0.717, 1.165) is 43.7 Å². The normalized spacial score (nSPS) is 41.0. The molecule has 2 saturated carbocycles. The summed E-state index contributed by atoms with van der Waals surface area (Å²) < 4.78 is 4.91. The molecule has 0 spiro atoms. The minimum atomic E-state index is -0.0225. The van der Waals surface area contributed by atoms with E-state index in [1.54, 1.807) is 0 Å². The molecule has 3 aliphatic rings. The molecule has 4 atom stereocenters. The van der Waals surface area contributed by atoms with Crippen molar-refractivity contribution in [3.63, 3.8) is 0 Å². The zero-order chi connectivity index (χ0) is 11.8. The predicted molar refractivity (Wildman–Crippen MR) is 65.5 cm³/mol. The summed E-state index contributed by atoms with van der Waals surface area (Å²) in [6.45, 7) is 2.23. The third kappa shape index (κ3) is 2.10. The highest BCUT2D eigenvalue weighted by atomic mass is 16.5. The molecule has 1 saturated heterocycles. The van der Waals surface area contributed by atoms with E-state index >= 15 is 0 Å². The quantitative estimate of drug-likeness (QED) is 0.704. The van der Waals surface area contributed by atoms with Crippen LogP contribution in [0.1, 0.15) is 38.5 Å². The largest absolute Gasteiger partial charge is 0.468 e. The van der Waals surface area contributed by atoms with Gasteiger partial charge in [-0.3, -0.25) is 9.69 Å². The average molecular weight is 237 g/mol. The first-order chi connectivity index (χ1) is 8.28. The number of esters is 1. The molecule has 3 fully saturated rings. The van der Waals surface area contributed by atoms with Crippen molar-refractivity contribution in [1.82, 2.24) is 4.90 Å². The van der Waals surface area contributed by atoms with Crippen LogP contribution in [0, 0.1) is 17.8 Å². The second-order valence-electron chi connectivity index (χ2n) is 6.11. The van der Waals surface area contributed by atoms with Crippen LogP contribution in [0.5, 0.6) is 0 Å². The van der Waals surface area contributed by atoms with E-state index in [1.807, 2.05) is 0 Å². The molecule has 0 radical (unpaired) electrons. The standard InChI is InChI=1S/C14H23NO2/c1-17-14(16)13-3-2-6-15(13)9-12-8-10-4-5-11(12)7-10/h10-13H,2-9H2,1H3. The molecule has 0 aromatic heterocycles. The summed E-state index contributed by atoms with van der Waals surface area (Å²) in [7, 11) is 1.51. The van der Waals surface area contributed by atoms with Crippen molar-refractivity contribution in [3.05, 3.63) is 0 Å². The number of fused-ring (bicyclic) bond motifs is 2. The van der Waals surface area contributed by atoms with Crippen molar-refractivity contribution in [1.29, 1.82) is 0 Å². The molecule has 0 amide bonds. The van der Waals surface area contributed by atoms with E-state index in [4.69, 9.17) is 4.74 Å². The predicted octanol–water partition coefficient (Wildman–Crippen LogP) is 2.06. The van der Waals surface area contributed by atoms with Crippen LogP contribution in [0.2, 0.25) is 0 Å². The molecule has 3 rings (SSSR count). The van der Waals surface area contributed by atoms with Crippen molar-refractivity contribution < 1.29 is 9.53 Å². The van der Waals surface area contributed by atoms with Gasteiger partial charge in [0.2, 0.25) is 0 Å². The molecular formula is C14H23NO2. The van der Waals surface area contributed by atoms with Gasteiger partial charge in [-0.25, -0.2) is 0 Å². The number of hydrogen-bond donors (Lipinski definition) is 0. The second kappa shape index (κ2) is 4.60. The second-order valence-corrected chi connectivity index (χ2v) is 6.11. The summed E-state index contributed by atoms with van der Waals surface area (Å²) >= 11 is 0.